The third-order valence-electron chi connectivity index (χ3n) is 2.70. The van der Waals surface area contributed by atoms with E-state index in [-0.39, 0.29) is 5.78 Å². The highest BCUT2D eigenvalue weighted by atomic mass is 16.5. The second-order valence-corrected chi connectivity index (χ2v) is 4.07. The summed E-state index contributed by atoms with van der Waals surface area (Å²) >= 11 is 0. The maximum Gasteiger partial charge on any atom is 0.248 e. The molecule has 19 heavy (non-hydrogen) atoms. The summed E-state index contributed by atoms with van der Waals surface area (Å²) in [6, 6.07) is 4.76. The van der Waals surface area contributed by atoms with Crippen LogP contribution in [0.25, 0.3) is 0 Å². The van der Waals surface area contributed by atoms with Gasteiger partial charge in [0.05, 0.1) is 13.7 Å². The Labute approximate surface area is 112 Å². The number of primary amides is 1. The Kier molecular flexibility index (Phi) is 5.85. The Bertz CT molecular complexity index is 457. The number of carbonyl (C=O) groups excluding carboxylic acids is 2. The molecule has 1 aromatic carbocycles. The average Bonchev–Trinajstić information content (AvgIpc) is 2.42. The lowest BCUT2D eigenvalue weighted by Gasteiger charge is -2.11. The molecule has 0 aliphatic heterocycles. The Morgan fingerprint density at radius 2 is 2.00 bits per heavy atom. The number of benzene rings is 1. The van der Waals surface area contributed by atoms with Crippen molar-refractivity contribution in [3.05, 3.63) is 23.8 Å². The molecule has 0 atom stereocenters. The third kappa shape index (κ3) is 4.62. The van der Waals surface area contributed by atoms with Gasteiger partial charge in [-0.05, 0) is 24.6 Å². The highest BCUT2D eigenvalue weighted by molar-refractivity contribution is 5.93. The number of ether oxygens (including phenoxy) is 2. The number of hydrogen-bond donors (Lipinski definition) is 1. The first-order valence-corrected chi connectivity index (χ1v) is 6.20. The van der Waals surface area contributed by atoms with Gasteiger partial charge in [0.1, 0.15) is 5.78 Å². The van der Waals surface area contributed by atoms with Crippen LogP contribution in [0.2, 0.25) is 0 Å². The summed E-state index contributed by atoms with van der Waals surface area (Å²) in [6.07, 6.45) is 1.72. The lowest BCUT2D eigenvalue weighted by molar-refractivity contribution is -0.118. The van der Waals surface area contributed by atoms with E-state index in [1.165, 1.54) is 13.2 Å². The van der Waals surface area contributed by atoms with Crippen molar-refractivity contribution >= 4 is 11.7 Å². The van der Waals surface area contributed by atoms with E-state index in [2.05, 4.69) is 0 Å². The Hall–Kier alpha value is -2.04. The Morgan fingerprint density at radius 3 is 2.58 bits per heavy atom. The van der Waals surface area contributed by atoms with Crippen molar-refractivity contribution in [2.45, 2.75) is 26.2 Å². The van der Waals surface area contributed by atoms with Crippen molar-refractivity contribution < 1.29 is 19.1 Å². The van der Waals surface area contributed by atoms with E-state index in [9.17, 15) is 9.59 Å². The van der Waals surface area contributed by atoms with Crippen molar-refractivity contribution in [1.82, 2.24) is 0 Å². The third-order valence-corrected chi connectivity index (χ3v) is 2.70. The zero-order valence-corrected chi connectivity index (χ0v) is 11.3. The van der Waals surface area contributed by atoms with Gasteiger partial charge in [0.25, 0.3) is 0 Å². The van der Waals surface area contributed by atoms with Gasteiger partial charge < -0.3 is 15.2 Å². The van der Waals surface area contributed by atoms with Gasteiger partial charge in [-0.15, -0.1) is 0 Å². The largest absolute Gasteiger partial charge is 0.493 e. The topological polar surface area (TPSA) is 78.6 Å². The van der Waals surface area contributed by atoms with E-state index in [1.807, 2.05) is 6.92 Å². The first kappa shape index (κ1) is 15.0. The molecule has 0 spiro atoms. The molecule has 5 heteroatoms. The molecular weight excluding hydrogens is 246 g/mol. The quantitative estimate of drug-likeness (QED) is 0.728. The predicted molar refractivity (Wildman–Crippen MR) is 71.5 cm³/mol. The van der Waals surface area contributed by atoms with Gasteiger partial charge in [0.15, 0.2) is 11.5 Å². The van der Waals surface area contributed by atoms with Crippen molar-refractivity contribution in [1.29, 1.82) is 0 Å². The van der Waals surface area contributed by atoms with Gasteiger partial charge in [0, 0.05) is 18.4 Å². The van der Waals surface area contributed by atoms with Crippen LogP contribution in [0.4, 0.5) is 0 Å². The van der Waals surface area contributed by atoms with E-state index in [0.29, 0.717) is 42.9 Å². The van der Waals surface area contributed by atoms with Gasteiger partial charge in [-0.3, -0.25) is 9.59 Å². The summed E-state index contributed by atoms with van der Waals surface area (Å²) in [5, 5.41) is 0. The summed E-state index contributed by atoms with van der Waals surface area (Å²) < 4.78 is 10.7. The zero-order valence-electron chi connectivity index (χ0n) is 11.3. The number of hydrogen-bond acceptors (Lipinski definition) is 4. The first-order chi connectivity index (χ1) is 9.08. The molecule has 104 valence electrons. The molecular formula is C14H19NO4. The molecule has 0 bridgehead atoms. The monoisotopic (exact) mass is 265 g/mol. The van der Waals surface area contributed by atoms with Crippen LogP contribution < -0.4 is 15.2 Å². The second-order valence-electron chi connectivity index (χ2n) is 4.07. The van der Waals surface area contributed by atoms with Crippen molar-refractivity contribution in [3.8, 4) is 11.5 Å². The van der Waals surface area contributed by atoms with Crippen molar-refractivity contribution in [2.75, 3.05) is 13.7 Å². The number of amides is 1. The van der Waals surface area contributed by atoms with Crippen LogP contribution in [0.1, 0.15) is 36.5 Å². The minimum Gasteiger partial charge on any atom is -0.493 e. The van der Waals surface area contributed by atoms with E-state index in [4.69, 9.17) is 15.2 Å². The molecule has 0 aromatic heterocycles. The van der Waals surface area contributed by atoms with Gasteiger partial charge in [0.2, 0.25) is 5.91 Å². The minimum absolute atomic E-state index is 0.222. The lowest BCUT2D eigenvalue weighted by Crippen LogP contribution is -2.11. The molecule has 0 fully saturated rings. The van der Waals surface area contributed by atoms with Crippen LogP contribution in [0.5, 0.6) is 11.5 Å². The molecule has 0 heterocycles. The van der Waals surface area contributed by atoms with Gasteiger partial charge >= 0.3 is 0 Å². The lowest BCUT2D eigenvalue weighted by atomic mass is 10.2. The van der Waals surface area contributed by atoms with Crippen LogP contribution in [0, 0.1) is 0 Å². The average molecular weight is 265 g/mol. The Balaban J connectivity index is 2.58. The van der Waals surface area contributed by atoms with Crippen LogP contribution in [0.3, 0.4) is 0 Å². The number of carbonyl (C=O) groups is 2. The molecule has 2 N–H and O–H groups in total. The normalized spacial score (nSPS) is 10.0. The fourth-order valence-corrected chi connectivity index (χ4v) is 1.57. The number of ketones is 1. The molecule has 0 saturated heterocycles. The van der Waals surface area contributed by atoms with Crippen molar-refractivity contribution in [3.63, 3.8) is 0 Å². The van der Waals surface area contributed by atoms with Crippen LogP contribution in [-0.4, -0.2) is 25.4 Å². The maximum absolute atomic E-state index is 11.1. The Morgan fingerprint density at radius 1 is 1.26 bits per heavy atom. The minimum atomic E-state index is -0.515. The van der Waals surface area contributed by atoms with Crippen molar-refractivity contribution in [2.24, 2.45) is 5.73 Å². The maximum atomic E-state index is 11.1. The summed E-state index contributed by atoms with van der Waals surface area (Å²) in [7, 11) is 1.49. The van der Waals surface area contributed by atoms with Gasteiger partial charge in [-0.1, -0.05) is 6.92 Å². The fraction of sp³-hybridized carbons (Fsp3) is 0.429. The van der Waals surface area contributed by atoms with Gasteiger partial charge in [-0.2, -0.15) is 0 Å². The molecule has 0 aliphatic rings. The number of methoxy groups -OCH3 is 1. The van der Waals surface area contributed by atoms with E-state index in [0.717, 1.165) is 0 Å². The summed E-state index contributed by atoms with van der Waals surface area (Å²) in [5.74, 6) is 0.701. The molecule has 1 aromatic rings. The highest BCUT2D eigenvalue weighted by Crippen LogP contribution is 2.28. The zero-order chi connectivity index (χ0) is 14.3. The number of Topliss-reactive ketones (excluding diaryl/α,β-unsaturated/α-hetero) is 1. The van der Waals surface area contributed by atoms with Crippen LogP contribution in [0.15, 0.2) is 18.2 Å². The standard InChI is InChI=1S/C14H19NO4/c1-3-11(16)5-4-8-19-12-7-6-10(14(15)17)9-13(12)18-2/h6-7,9H,3-5,8H2,1-2H3,(H2,15,17). The van der Waals surface area contributed by atoms with Crippen LogP contribution in [-0.2, 0) is 4.79 Å². The fourth-order valence-electron chi connectivity index (χ4n) is 1.57. The molecule has 1 rings (SSSR count). The first-order valence-electron chi connectivity index (χ1n) is 6.20. The summed E-state index contributed by atoms with van der Waals surface area (Å²) in [6.45, 7) is 2.27. The highest BCUT2D eigenvalue weighted by Gasteiger charge is 2.09. The molecule has 1 amide bonds. The second kappa shape index (κ2) is 7.41. The molecule has 0 aliphatic carbocycles. The van der Waals surface area contributed by atoms with E-state index >= 15 is 0 Å². The predicted octanol–water partition coefficient (Wildman–Crippen LogP) is 1.93. The van der Waals surface area contributed by atoms with E-state index in [1.54, 1.807) is 12.1 Å². The smallest absolute Gasteiger partial charge is 0.248 e. The molecule has 0 unspecified atom stereocenters. The number of rotatable bonds is 8. The number of nitrogens with two attached hydrogens (primary N) is 1. The molecule has 0 radical (unpaired) electrons. The SMILES string of the molecule is CCC(=O)CCCOc1ccc(C(N)=O)cc1OC. The summed E-state index contributed by atoms with van der Waals surface area (Å²) in [5.41, 5.74) is 5.55. The summed E-state index contributed by atoms with van der Waals surface area (Å²) in [4.78, 5) is 22.2. The van der Waals surface area contributed by atoms with Gasteiger partial charge in [-0.25, -0.2) is 0 Å². The molecule has 0 saturated carbocycles. The van der Waals surface area contributed by atoms with Crippen LogP contribution >= 0.6 is 0 Å². The van der Waals surface area contributed by atoms with E-state index < -0.39 is 5.91 Å². The molecule has 5 nitrogen and oxygen atoms in total.